The van der Waals surface area contributed by atoms with Gasteiger partial charge in [-0.25, -0.2) is 4.79 Å². The molecular weight excluding hydrogens is 262 g/mol. The monoisotopic (exact) mass is 273 g/mol. The molecule has 3 rings (SSSR count). The van der Waals surface area contributed by atoms with Gasteiger partial charge in [0.15, 0.2) is 0 Å². The van der Waals surface area contributed by atoms with Crippen LogP contribution in [-0.4, -0.2) is 11.1 Å². The molecule has 2 N–H and O–H groups in total. The molecule has 0 amide bonds. The number of hydrogen-bond donors (Lipinski definition) is 2. The first-order valence-electron chi connectivity index (χ1n) is 5.75. The van der Waals surface area contributed by atoms with Gasteiger partial charge in [-0.15, -0.1) is 0 Å². The Balaban J connectivity index is 2.00. The Hall–Kier alpha value is -2.27. The maximum absolute atomic E-state index is 11.2. The van der Waals surface area contributed by atoms with E-state index in [0.29, 0.717) is 17.7 Å². The molecule has 0 bridgehead atoms. The van der Waals surface area contributed by atoms with Crippen molar-refractivity contribution in [1.29, 1.82) is 0 Å². The lowest BCUT2D eigenvalue weighted by Crippen LogP contribution is -2.04. The van der Waals surface area contributed by atoms with E-state index in [9.17, 15) is 9.90 Å². The van der Waals surface area contributed by atoms with Crippen molar-refractivity contribution < 1.29 is 14.3 Å². The average Bonchev–Trinajstić information content (AvgIpc) is 3.03. The molecule has 19 heavy (non-hydrogen) atoms. The van der Waals surface area contributed by atoms with E-state index in [4.69, 9.17) is 4.42 Å². The normalized spacial score (nSPS) is 10.7. The summed E-state index contributed by atoms with van der Waals surface area (Å²) in [5, 5.41) is 17.2. The van der Waals surface area contributed by atoms with Crippen LogP contribution in [0, 0.1) is 0 Å². The molecular formula is C14H11NO3S. The van der Waals surface area contributed by atoms with Crippen molar-refractivity contribution in [2.45, 2.75) is 6.54 Å². The highest BCUT2D eigenvalue weighted by Crippen LogP contribution is 2.27. The van der Waals surface area contributed by atoms with Crippen LogP contribution >= 0.6 is 11.3 Å². The van der Waals surface area contributed by atoms with Crippen molar-refractivity contribution in [3.63, 3.8) is 0 Å². The van der Waals surface area contributed by atoms with Crippen molar-refractivity contribution in [1.82, 2.24) is 0 Å². The average molecular weight is 273 g/mol. The third-order valence-corrected chi connectivity index (χ3v) is 3.57. The largest absolute Gasteiger partial charge is 0.475 e. The summed E-state index contributed by atoms with van der Waals surface area (Å²) in [6.45, 7) is 0.426. The minimum atomic E-state index is -1.04. The smallest absolute Gasteiger partial charge is 0.372 e. The molecule has 0 fully saturated rings. The minimum absolute atomic E-state index is 0.00364. The number of anilines is 1. The summed E-state index contributed by atoms with van der Waals surface area (Å²) in [5.74, 6) is -1.04. The van der Waals surface area contributed by atoms with Crippen LogP contribution in [0.5, 0.6) is 0 Å². The van der Waals surface area contributed by atoms with E-state index in [2.05, 4.69) is 5.32 Å². The SMILES string of the molecule is O=C(O)c1oc2ccccc2c1CNc1ccsc1. The van der Waals surface area contributed by atoms with Gasteiger partial charge in [-0.2, -0.15) is 11.3 Å². The number of furan rings is 1. The number of fused-ring (bicyclic) bond motifs is 1. The van der Waals surface area contributed by atoms with Crippen molar-refractivity contribution in [3.05, 3.63) is 52.4 Å². The molecule has 4 nitrogen and oxygen atoms in total. The van der Waals surface area contributed by atoms with Crippen molar-refractivity contribution in [2.75, 3.05) is 5.32 Å². The first-order chi connectivity index (χ1) is 9.25. The lowest BCUT2D eigenvalue weighted by Gasteiger charge is -2.03. The van der Waals surface area contributed by atoms with Crippen molar-refractivity contribution >= 4 is 34.0 Å². The number of carboxylic acids is 1. The molecule has 5 heteroatoms. The van der Waals surface area contributed by atoms with Gasteiger partial charge in [-0.05, 0) is 17.5 Å². The van der Waals surface area contributed by atoms with Gasteiger partial charge in [-0.1, -0.05) is 18.2 Å². The second kappa shape index (κ2) is 4.78. The first kappa shape index (κ1) is 11.8. The van der Waals surface area contributed by atoms with Gasteiger partial charge in [-0.3, -0.25) is 0 Å². The zero-order valence-electron chi connectivity index (χ0n) is 9.92. The number of aromatic carboxylic acids is 1. The predicted molar refractivity (Wildman–Crippen MR) is 74.8 cm³/mol. The Morgan fingerprint density at radius 2 is 2.16 bits per heavy atom. The minimum Gasteiger partial charge on any atom is -0.475 e. The zero-order chi connectivity index (χ0) is 13.2. The Bertz CT molecular complexity index is 715. The molecule has 2 aromatic heterocycles. The standard InChI is InChI=1S/C14H11NO3S/c16-14(17)13-11(7-15-9-5-6-19-8-9)10-3-1-2-4-12(10)18-13/h1-6,8,15H,7H2,(H,16,17). The summed E-state index contributed by atoms with van der Waals surface area (Å²) in [6.07, 6.45) is 0. The van der Waals surface area contributed by atoms with Crippen LogP contribution in [0.4, 0.5) is 5.69 Å². The van der Waals surface area contributed by atoms with Gasteiger partial charge in [0.25, 0.3) is 0 Å². The van der Waals surface area contributed by atoms with Gasteiger partial charge in [0.1, 0.15) is 5.58 Å². The number of hydrogen-bond acceptors (Lipinski definition) is 4. The summed E-state index contributed by atoms with van der Waals surface area (Å²) in [6, 6.07) is 9.30. The third-order valence-electron chi connectivity index (χ3n) is 2.88. The summed E-state index contributed by atoms with van der Waals surface area (Å²) in [5.41, 5.74) is 2.25. The number of rotatable bonds is 4. The lowest BCUT2D eigenvalue weighted by atomic mass is 10.1. The van der Waals surface area contributed by atoms with E-state index in [0.717, 1.165) is 11.1 Å². The molecule has 0 atom stereocenters. The highest BCUT2D eigenvalue weighted by Gasteiger charge is 2.19. The van der Waals surface area contributed by atoms with Crippen LogP contribution < -0.4 is 5.32 Å². The maximum Gasteiger partial charge on any atom is 0.372 e. The van der Waals surface area contributed by atoms with Crippen molar-refractivity contribution in [2.24, 2.45) is 0 Å². The molecule has 0 aliphatic heterocycles. The fraction of sp³-hybridized carbons (Fsp3) is 0.0714. The number of para-hydroxylation sites is 1. The van der Waals surface area contributed by atoms with Crippen LogP contribution in [0.15, 0.2) is 45.5 Å². The van der Waals surface area contributed by atoms with Gasteiger partial charge < -0.3 is 14.8 Å². The second-order valence-corrected chi connectivity index (χ2v) is 4.86. The third kappa shape index (κ3) is 2.20. The Morgan fingerprint density at radius 3 is 2.89 bits per heavy atom. The predicted octanol–water partition coefficient (Wildman–Crippen LogP) is 3.80. The molecule has 2 heterocycles. The lowest BCUT2D eigenvalue weighted by molar-refractivity contribution is 0.0663. The Labute approximate surface area is 113 Å². The van der Waals surface area contributed by atoms with Crippen molar-refractivity contribution in [3.8, 4) is 0 Å². The summed E-state index contributed by atoms with van der Waals surface area (Å²) >= 11 is 1.59. The van der Waals surface area contributed by atoms with Crippen LogP contribution in [-0.2, 0) is 6.54 Å². The number of thiophene rings is 1. The molecule has 1 aromatic carbocycles. The molecule has 0 radical (unpaired) electrons. The van der Waals surface area contributed by atoms with Gasteiger partial charge in [0.2, 0.25) is 5.76 Å². The quantitative estimate of drug-likeness (QED) is 0.759. The fourth-order valence-corrected chi connectivity index (χ4v) is 2.61. The fourth-order valence-electron chi connectivity index (χ4n) is 2.00. The Kier molecular flexibility index (Phi) is 2.97. The zero-order valence-corrected chi connectivity index (χ0v) is 10.7. The summed E-state index contributed by atoms with van der Waals surface area (Å²) in [7, 11) is 0. The van der Waals surface area contributed by atoms with Gasteiger partial charge in [0, 0.05) is 28.6 Å². The van der Waals surface area contributed by atoms with E-state index < -0.39 is 5.97 Å². The topological polar surface area (TPSA) is 62.5 Å². The van der Waals surface area contributed by atoms with Gasteiger partial charge >= 0.3 is 5.97 Å². The molecule has 0 spiro atoms. The van der Waals surface area contributed by atoms with Crippen LogP contribution in [0.2, 0.25) is 0 Å². The van der Waals surface area contributed by atoms with E-state index in [1.165, 1.54) is 0 Å². The first-order valence-corrected chi connectivity index (χ1v) is 6.70. The Morgan fingerprint density at radius 1 is 1.32 bits per heavy atom. The van der Waals surface area contributed by atoms with Crippen LogP contribution in [0.25, 0.3) is 11.0 Å². The van der Waals surface area contributed by atoms with Crippen LogP contribution in [0.1, 0.15) is 16.1 Å². The second-order valence-electron chi connectivity index (χ2n) is 4.08. The maximum atomic E-state index is 11.2. The number of nitrogens with one attached hydrogen (secondary N) is 1. The van der Waals surface area contributed by atoms with Crippen LogP contribution in [0.3, 0.4) is 0 Å². The van der Waals surface area contributed by atoms with E-state index in [1.54, 1.807) is 17.4 Å². The molecule has 0 saturated carbocycles. The highest BCUT2D eigenvalue weighted by molar-refractivity contribution is 7.08. The van der Waals surface area contributed by atoms with Gasteiger partial charge in [0.05, 0.1) is 0 Å². The molecule has 0 saturated heterocycles. The van der Waals surface area contributed by atoms with E-state index >= 15 is 0 Å². The molecule has 0 unspecified atom stereocenters. The summed E-state index contributed by atoms with van der Waals surface area (Å²) in [4.78, 5) is 11.2. The molecule has 0 aliphatic carbocycles. The number of benzene rings is 1. The summed E-state index contributed by atoms with van der Waals surface area (Å²) < 4.78 is 5.39. The number of carboxylic acid groups (broad SMARTS) is 1. The number of carbonyl (C=O) groups is 1. The molecule has 3 aromatic rings. The highest BCUT2D eigenvalue weighted by atomic mass is 32.1. The van der Waals surface area contributed by atoms with E-state index in [1.807, 2.05) is 35.0 Å². The molecule has 0 aliphatic rings. The molecule has 96 valence electrons. The van der Waals surface area contributed by atoms with E-state index in [-0.39, 0.29) is 5.76 Å².